The number of aryl methyl sites for hydroxylation is 1. The average Bonchev–Trinajstić information content (AvgIpc) is 3.47. The molecule has 0 aliphatic rings. The number of H-pyrrole nitrogens is 1. The van der Waals surface area contributed by atoms with Gasteiger partial charge in [-0.2, -0.15) is 19.7 Å². The van der Waals surface area contributed by atoms with Gasteiger partial charge in [-0.3, -0.25) is 5.10 Å². The van der Waals surface area contributed by atoms with Crippen molar-refractivity contribution >= 4 is 17.2 Å². The van der Waals surface area contributed by atoms with E-state index in [1.54, 1.807) is 6.20 Å². The van der Waals surface area contributed by atoms with Gasteiger partial charge in [0.1, 0.15) is 12.7 Å². The molecule has 4 heterocycles. The molecule has 1 aromatic carbocycles. The first-order valence-corrected chi connectivity index (χ1v) is 10.1. The van der Waals surface area contributed by atoms with Crippen LogP contribution in [0.2, 0.25) is 0 Å². The smallest absolute Gasteiger partial charge is 0.255 e. The third kappa shape index (κ3) is 3.33. The number of aromatic amines is 1. The predicted octanol–water partition coefficient (Wildman–Crippen LogP) is 4.12. The highest BCUT2D eigenvalue weighted by Crippen LogP contribution is 2.36. The first kappa shape index (κ1) is 19.7. The van der Waals surface area contributed by atoms with Gasteiger partial charge in [0.2, 0.25) is 5.65 Å². The van der Waals surface area contributed by atoms with Gasteiger partial charge in [0, 0.05) is 16.5 Å². The van der Waals surface area contributed by atoms with E-state index in [0.717, 1.165) is 16.8 Å². The summed E-state index contributed by atoms with van der Waals surface area (Å²) in [5, 5.41) is 25.6. The third-order valence-corrected chi connectivity index (χ3v) is 4.95. The quantitative estimate of drug-likeness (QED) is 0.430. The van der Waals surface area contributed by atoms with Crippen LogP contribution in [-0.4, -0.2) is 44.5 Å². The van der Waals surface area contributed by atoms with E-state index in [9.17, 15) is 0 Å². The van der Waals surface area contributed by atoms with Gasteiger partial charge in [-0.25, -0.2) is 9.50 Å². The molecule has 1 N–H and O–H groups in total. The molecule has 0 saturated heterocycles. The van der Waals surface area contributed by atoms with Crippen LogP contribution < -0.4 is 0 Å². The fraction of sp³-hybridized carbons (Fsp3) is 0.238. The van der Waals surface area contributed by atoms with Crippen LogP contribution in [0.25, 0.3) is 23.0 Å². The maximum absolute atomic E-state index is 4.60. The molecule has 0 aliphatic heterocycles. The molecule has 0 radical (unpaired) electrons. The number of nitrogens with one attached hydrogen (secondary N) is 1. The minimum Gasteiger partial charge on any atom is -0.292 e. The highest BCUT2D eigenvalue weighted by atomic mass is 15.4. The molecule has 0 saturated carbocycles. The minimum atomic E-state index is -0.230. The lowest BCUT2D eigenvalue weighted by Crippen LogP contribution is -2.12. The molecule has 0 fully saturated rings. The van der Waals surface area contributed by atoms with Gasteiger partial charge in [-0.05, 0) is 6.92 Å². The van der Waals surface area contributed by atoms with Crippen LogP contribution in [0.4, 0.5) is 11.5 Å². The summed E-state index contributed by atoms with van der Waals surface area (Å²) in [6.07, 6.45) is 4.52. The van der Waals surface area contributed by atoms with E-state index in [2.05, 4.69) is 66.3 Å². The van der Waals surface area contributed by atoms with E-state index < -0.39 is 0 Å². The fourth-order valence-electron chi connectivity index (χ4n) is 3.34. The van der Waals surface area contributed by atoms with Gasteiger partial charge in [0.15, 0.2) is 17.3 Å². The van der Waals surface area contributed by atoms with E-state index in [-0.39, 0.29) is 5.41 Å². The predicted molar refractivity (Wildman–Crippen MR) is 117 cm³/mol. The zero-order valence-electron chi connectivity index (χ0n) is 18.1. The second kappa shape index (κ2) is 7.45. The summed E-state index contributed by atoms with van der Waals surface area (Å²) in [4.78, 5) is 12.2. The normalized spacial score (nSPS) is 12.2. The molecule has 0 aliphatic carbocycles. The second-order valence-corrected chi connectivity index (χ2v) is 8.34. The maximum Gasteiger partial charge on any atom is 0.255 e. The standard InChI is InChI=1S/C21H21N11/c1-13-10-25-32(20-23-11-22-12-24-20)17(13)27-26-15-16(21(2,3)4)30-31-18(28-29-19(15)31)14-8-6-5-7-9-14/h5-12,30H,1-4H3. The number of azo groups is 1. The van der Waals surface area contributed by atoms with E-state index in [1.165, 1.54) is 17.3 Å². The van der Waals surface area contributed by atoms with Crippen molar-refractivity contribution in [2.24, 2.45) is 10.2 Å². The van der Waals surface area contributed by atoms with Crippen molar-refractivity contribution in [2.45, 2.75) is 33.1 Å². The van der Waals surface area contributed by atoms with E-state index in [0.29, 0.717) is 28.9 Å². The Bertz CT molecular complexity index is 1400. The highest BCUT2D eigenvalue weighted by Gasteiger charge is 2.26. The third-order valence-electron chi connectivity index (χ3n) is 4.95. The Balaban J connectivity index is 1.65. The van der Waals surface area contributed by atoms with Crippen molar-refractivity contribution in [3.63, 3.8) is 0 Å². The number of benzene rings is 1. The van der Waals surface area contributed by atoms with Crippen LogP contribution in [0.3, 0.4) is 0 Å². The molecule has 0 bridgehead atoms. The molecule has 11 nitrogen and oxygen atoms in total. The van der Waals surface area contributed by atoms with Gasteiger partial charge in [0.25, 0.3) is 5.95 Å². The van der Waals surface area contributed by atoms with E-state index in [1.807, 2.05) is 41.8 Å². The van der Waals surface area contributed by atoms with Crippen molar-refractivity contribution in [1.29, 1.82) is 0 Å². The van der Waals surface area contributed by atoms with Gasteiger partial charge in [-0.15, -0.1) is 20.4 Å². The Morgan fingerprint density at radius 2 is 1.72 bits per heavy atom. The minimum absolute atomic E-state index is 0.230. The molecule has 0 atom stereocenters. The lowest BCUT2D eigenvalue weighted by Gasteiger charge is -2.16. The number of hydrogen-bond acceptors (Lipinski definition) is 8. The molecule has 4 aromatic heterocycles. The Kier molecular flexibility index (Phi) is 4.58. The molecule has 0 spiro atoms. The average molecular weight is 427 g/mol. The molecule has 11 heteroatoms. The van der Waals surface area contributed by atoms with Gasteiger partial charge in [-0.1, -0.05) is 51.1 Å². The monoisotopic (exact) mass is 427 g/mol. The molecule has 5 aromatic rings. The van der Waals surface area contributed by atoms with E-state index >= 15 is 0 Å². The van der Waals surface area contributed by atoms with Crippen LogP contribution >= 0.6 is 0 Å². The summed E-state index contributed by atoms with van der Waals surface area (Å²) < 4.78 is 3.38. The van der Waals surface area contributed by atoms with Crippen LogP contribution in [0.1, 0.15) is 32.0 Å². The number of nitrogens with zero attached hydrogens (tertiary/aromatic N) is 10. The number of hydrogen-bond donors (Lipinski definition) is 1. The zero-order chi connectivity index (χ0) is 22.3. The summed E-state index contributed by atoms with van der Waals surface area (Å²) in [6, 6.07) is 9.89. The molecular formula is C21H21N11. The van der Waals surface area contributed by atoms with Gasteiger partial charge < -0.3 is 0 Å². The van der Waals surface area contributed by atoms with Crippen LogP contribution in [0.5, 0.6) is 0 Å². The lowest BCUT2D eigenvalue weighted by atomic mass is 9.91. The Hall–Kier alpha value is -4.28. The summed E-state index contributed by atoms with van der Waals surface area (Å²) in [5.41, 5.74) is 3.67. The summed E-state index contributed by atoms with van der Waals surface area (Å²) in [5.74, 6) is 1.60. The molecule has 5 rings (SSSR count). The molecule has 0 amide bonds. The van der Waals surface area contributed by atoms with Gasteiger partial charge >= 0.3 is 0 Å². The Morgan fingerprint density at radius 3 is 2.44 bits per heavy atom. The van der Waals surface area contributed by atoms with Crippen molar-refractivity contribution in [3.8, 4) is 17.3 Å². The maximum atomic E-state index is 4.60. The van der Waals surface area contributed by atoms with Crippen LogP contribution in [0, 0.1) is 6.92 Å². The number of fused-ring (bicyclic) bond motifs is 1. The zero-order valence-corrected chi connectivity index (χ0v) is 18.1. The Morgan fingerprint density at radius 1 is 0.969 bits per heavy atom. The molecule has 0 unspecified atom stereocenters. The van der Waals surface area contributed by atoms with Crippen molar-refractivity contribution in [2.75, 3.05) is 0 Å². The van der Waals surface area contributed by atoms with E-state index in [4.69, 9.17) is 0 Å². The van der Waals surface area contributed by atoms with Crippen molar-refractivity contribution in [1.82, 2.24) is 44.5 Å². The summed E-state index contributed by atoms with van der Waals surface area (Å²) >= 11 is 0. The second-order valence-electron chi connectivity index (χ2n) is 8.34. The number of rotatable bonds is 4. The summed E-state index contributed by atoms with van der Waals surface area (Å²) in [6.45, 7) is 8.22. The highest BCUT2D eigenvalue weighted by molar-refractivity contribution is 5.71. The van der Waals surface area contributed by atoms with Crippen LogP contribution in [-0.2, 0) is 5.41 Å². The summed E-state index contributed by atoms with van der Waals surface area (Å²) in [7, 11) is 0. The van der Waals surface area contributed by atoms with Crippen molar-refractivity contribution < 1.29 is 0 Å². The van der Waals surface area contributed by atoms with Crippen LogP contribution in [0.15, 0.2) is 59.4 Å². The first-order valence-electron chi connectivity index (χ1n) is 10.1. The van der Waals surface area contributed by atoms with Gasteiger partial charge in [0.05, 0.1) is 11.9 Å². The number of aromatic nitrogens is 9. The molecular weight excluding hydrogens is 406 g/mol. The largest absolute Gasteiger partial charge is 0.292 e. The fourth-order valence-corrected chi connectivity index (χ4v) is 3.34. The SMILES string of the molecule is Cc1cnn(-c2ncncn2)c1N=Nc1c(C(C)(C)C)[nH]n2c(-c3ccccc3)nnc12. The molecule has 160 valence electrons. The molecule has 32 heavy (non-hydrogen) atoms. The Labute approximate surface area is 183 Å². The first-order chi connectivity index (χ1) is 15.4. The lowest BCUT2D eigenvalue weighted by molar-refractivity contribution is 0.563. The topological polar surface area (TPSA) is 127 Å². The van der Waals surface area contributed by atoms with Crippen molar-refractivity contribution in [3.05, 3.63) is 60.4 Å².